The Morgan fingerprint density at radius 2 is 2.00 bits per heavy atom. The predicted molar refractivity (Wildman–Crippen MR) is 61.7 cm³/mol. The van der Waals surface area contributed by atoms with Crippen LogP contribution in [0.25, 0.3) is 0 Å². The quantitative estimate of drug-likeness (QED) is 0.839. The zero-order valence-electron chi connectivity index (χ0n) is 9.92. The summed E-state index contributed by atoms with van der Waals surface area (Å²) in [6, 6.07) is 5.44. The largest absolute Gasteiger partial charge is 0.493 e. The van der Waals surface area contributed by atoms with E-state index in [2.05, 4.69) is 0 Å². The molecule has 0 bridgehead atoms. The lowest BCUT2D eigenvalue weighted by molar-refractivity contribution is 0.259. The van der Waals surface area contributed by atoms with E-state index in [0.29, 0.717) is 11.5 Å². The number of hydrogen-bond acceptors (Lipinski definition) is 3. The van der Waals surface area contributed by atoms with Crippen molar-refractivity contribution in [2.24, 2.45) is 5.73 Å². The van der Waals surface area contributed by atoms with Crippen LogP contribution >= 0.6 is 0 Å². The number of nitrogens with two attached hydrogens (primary N) is 1. The van der Waals surface area contributed by atoms with E-state index in [4.69, 9.17) is 15.2 Å². The fourth-order valence-corrected chi connectivity index (χ4v) is 1.34. The van der Waals surface area contributed by atoms with Gasteiger partial charge in [-0.1, -0.05) is 6.07 Å². The van der Waals surface area contributed by atoms with Crippen molar-refractivity contribution < 1.29 is 13.9 Å². The van der Waals surface area contributed by atoms with E-state index in [-0.39, 0.29) is 6.61 Å². The van der Waals surface area contributed by atoms with Gasteiger partial charge in [0.1, 0.15) is 13.3 Å². The molecule has 0 unspecified atom stereocenters. The van der Waals surface area contributed by atoms with Crippen LogP contribution in [-0.4, -0.2) is 20.4 Å². The number of methoxy groups -OCH3 is 1. The fourth-order valence-electron chi connectivity index (χ4n) is 1.34. The van der Waals surface area contributed by atoms with E-state index in [1.807, 2.05) is 19.9 Å². The molecule has 16 heavy (non-hydrogen) atoms. The Morgan fingerprint density at radius 3 is 2.50 bits per heavy atom. The third kappa shape index (κ3) is 3.10. The van der Waals surface area contributed by atoms with Gasteiger partial charge in [-0.2, -0.15) is 0 Å². The maximum atomic E-state index is 12.1. The van der Waals surface area contributed by atoms with Crippen molar-refractivity contribution in [3.63, 3.8) is 0 Å². The van der Waals surface area contributed by atoms with Crippen molar-refractivity contribution in [2.75, 3.05) is 20.4 Å². The van der Waals surface area contributed by atoms with Gasteiger partial charge in [-0.15, -0.1) is 0 Å². The predicted octanol–water partition coefficient (Wildman–Crippen LogP) is 2.24. The lowest BCUT2D eigenvalue weighted by Gasteiger charge is -2.21. The van der Waals surface area contributed by atoms with Crippen LogP contribution < -0.4 is 15.2 Å². The van der Waals surface area contributed by atoms with Gasteiger partial charge in [-0.25, -0.2) is 4.39 Å². The molecule has 1 rings (SSSR count). The maximum absolute atomic E-state index is 12.1. The van der Waals surface area contributed by atoms with Crippen LogP contribution in [0.2, 0.25) is 0 Å². The standard InChI is InChI=1S/C12H18FNO2/c1-12(2,14)9-4-5-10(15-3)11(8-9)16-7-6-13/h4-5,8H,6-7,14H2,1-3H3. The van der Waals surface area contributed by atoms with E-state index in [9.17, 15) is 4.39 Å². The van der Waals surface area contributed by atoms with Crippen molar-refractivity contribution in [3.8, 4) is 11.5 Å². The summed E-state index contributed by atoms with van der Waals surface area (Å²) in [6.45, 7) is 3.28. The Morgan fingerprint density at radius 1 is 1.31 bits per heavy atom. The molecule has 0 aliphatic heterocycles. The lowest BCUT2D eigenvalue weighted by atomic mass is 9.95. The van der Waals surface area contributed by atoms with E-state index in [1.165, 1.54) is 0 Å². The number of alkyl halides is 1. The summed E-state index contributed by atoms with van der Waals surface area (Å²) in [7, 11) is 1.55. The van der Waals surface area contributed by atoms with Gasteiger partial charge >= 0.3 is 0 Å². The van der Waals surface area contributed by atoms with E-state index < -0.39 is 12.2 Å². The van der Waals surface area contributed by atoms with Crippen LogP contribution in [0, 0.1) is 0 Å². The summed E-state index contributed by atoms with van der Waals surface area (Å²) in [5.74, 6) is 1.11. The number of ether oxygens (including phenoxy) is 2. The Hall–Kier alpha value is -1.29. The molecule has 4 heteroatoms. The lowest BCUT2D eigenvalue weighted by Crippen LogP contribution is -2.28. The molecule has 0 aromatic heterocycles. The van der Waals surface area contributed by atoms with Crippen LogP contribution in [0.4, 0.5) is 4.39 Å². The molecule has 0 saturated heterocycles. The van der Waals surface area contributed by atoms with Crippen LogP contribution in [0.15, 0.2) is 18.2 Å². The highest BCUT2D eigenvalue weighted by molar-refractivity contribution is 5.44. The SMILES string of the molecule is COc1ccc(C(C)(C)N)cc1OCCF. The Labute approximate surface area is 95.4 Å². The minimum Gasteiger partial charge on any atom is -0.493 e. The molecule has 0 atom stereocenters. The van der Waals surface area contributed by atoms with Crippen molar-refractivity contribution in [1.29, 1.82) is 0 Å². The van der Waals surface area contributed by atoms with Crippen molar-refractivity contribution in [1.82, 2.24) is 0 Å². The van der Waals surface area contributed by atoms with Gasteiger partial charge in [-0.05, 0) is 31.5 Å². The van der Waals surface area contributed by atoms with E-state index in [0.717, 1.165) is 5.56 Å². The van der Waals surface area contributed by atoms with Gasteiger partial charge < -0.3 is 15.2 Å². The number of rotatable bonds is 5. The average molecular weight is 227 g/mol. The molecule has 0 heterocycles. The maximum Gasteiger partial charge on any atom is 0.161 e. The molecule has 1 aromatic rings. The minimum atomic E-state index is -0.528. The molecule has 0 aliphatic rings. The monoisotopic (exact) mass is 227 g/mol. The van der Waals surface area contributed by atoms with E-state index in [1.54, 1.807) is 19.2 Å². The van der Waals surface area contributed by atoms with Gasteiger partial charge in [0.05, 0.1) is 7.11 Å². The molecular weight excluding hydrogens is 209 g/mol. The Balaban J connectivity index is 3.01. The molecule has 0 fully saturated rings. The van der Waals surface area contributed by atoms with Crippen LogP contribution in [0.1, 0.15) is 19.4 Å². The summed E-state index contributed by atoms with van der Waals surface area (Å²) >= 11 is 0. The van der Waals surface area contributed by atoms with Gasteiger partial charge in [-0.3, -0.25) is 0 Å². The normalized spacial score (nSPS) is 11.3. The smallest absolute Gasteiger partial charge is 0.161 e. The third-order valence-electron chi connectivity index (χ3n) is 2.24. The molecule has 0 aliphatic carbocycles. The minimum absolute atomic E-state index is 0.0187. The topological polar surface area (TPSA) is 44.5 Å². The highest BCUT2D eigenvalue weighted by Gasteiger charge is 2.16. The summed E-state index contributed by atoms with van der Waals surface area (Å²) in [6.07, 6.45) is 0. The molecule has 0 radical (unpaired) electrons. The van der Waals surface area contributed by atoms with Gasteiger partial charge in [0, 0.05) is 5.54 Å². The average Bonchev–Trinajstić information content (AvgIpc) is 2.24. The molecule has 1 aromatic carbocycles. The second-order valence-electron chi connectivity index (χ2n) is 4.12. The van der Waals surface area contributed by atoms with Crippen LogP contribution in [-0.2, 0) is 5.54 Å². The third-order valence-corrected chi connectivity index (χ3v) is 2.24. The van der Waals surface area contributed by atoms with Crippen LogP contribution in [0.5, 0.6) is 11.5 Å². The molecule has 0 spiro atoms. The number of benzene rings is 1. The molecule has 90 valence electrons. The number of halogens is 1. The van der Waals surface area contributed by atoms with Gasteiger partial charge in [0.2, 0.25) is 0 Å². The van der Waals surface area contributed by atoms with Crippen molar-refractivity contribution in [2.45, 2.75) is 19.4 Å². The Bertz CT molecular complexity index is 347. The first kappa shape index (κ1) is 12.8. The van der Waals surface area contributed by atoms with Crippen LogP contribution in [0.3, 0.4) is 0 Å². The second kappa shape index (κ2) is 5.16. The first-order valence-electron chi connectivity index (χ1n) is 5.15. The highest BCUT2D eigenvalue weighted by Crippen LogP contribution is 2.31. The second-order valence-corrected chi connectivity index (χ2v) is 4.12. The molecular formula is C12H18FNO2. The first-order valence-corrected chi connectivity index (χ1v) is 5.15. The summed E-state index contributed by atoms with van der Waals surface area (Å²) in [4.78, 5) is 0. The highest BCUT2D eigenvalue weighted by atomic mass is 19.1. The van der Waals surface area contributed by atoms with E-state index >= 15 is 0 Å². The van der Waals surface area contributed by atoms with Crippen molar-refractivity contribution >= 4 is 0 Å². The molecule has 2 N–H and O–H groups in total. The Kier molecular flexibility index (Phi) is 4.12. The summed E-state index contributed by atoms with van der Waals surface area (Å²) < 4.78 is 22.4. The zero-order chi connectivity index (χ0) is 12.2. The fraction of sp³-hybridized carbons (Fsp3) is 0.500. The van der Waals surface area contributed by atoms with Gasteiger partial charge in [0.15, 0.2) is 11.5 Å². The molecule has 3 nitrogen and oxygen atoms in total. The molecule has 0 amide bonds. The summed E-state index contributed by atoms with van der Waals surface area (Å²) in [5, 5.41) is 0. The first-order chi connectivity index (χ1) is 7.49. The van der Waals surface area contributed by atoms with Gasteiger partial charge in [0.25, 0.3) is 0 Å². The summed E-state index contributed by atoms with van der Waals surface area (Å²) in [5.41, 5.74) is 6.44. The van der Waals surface area contributed by atoms with Crippen molar-refractivity contribution in [3.05, 3.63) is 23.8 Å². The molecule has 0 saturated carbocycles. The number of hydrogen-bond donors (Lipinski definition) is 1. The zero-order valence-corrected chi connectivity index (χ0v) is 9.92.